The number of carbonyl (C=O) groups excluding carboxylic acids is 1. The number of nitrogens with zero attached hydrogens (tertiary/aromatic N) is 4. The van der Waals surface area contributed by atoms with Gasteiger partial charge in [0.2, 0.25) is 11.9 Å². The number of hydrogen-bond donors (Lipinski definition) is 1. The molecular formula is C21H19B5F3N5O2. The van der Waals surface area contributed by atoms with Crippen molar-refractivity contribution >= 4 is 62.6 Å². The standard InChI is InChI=1S/C21H19B5F3N5O2/c1-8-16-17(33(3)9(2)18(35)34(16)21(25,26)20(22,23)24)32-19(30-8)31-10-4-11(5-10)36-12-6-13(27)15(29)14(28)7-12/h6-7,9-11H,4-5H2,1-3H3,(H,30,31,32)/t9-,10?,11?/m0/s1. The number of halogens is 3. The van der Waals surface area contributed by atoms with Gasteiger partial charge >= 0.3 is 0 Å². The molecule has 0 saturated heterocycles. The maximum Gasteiger partial charge on any atom is 0.248 e. The van der Waals surface area contributed by atoms with E-state index in [0.717, 1.165) is 17.0 Å². The number of ether oxygens (including phenoxy) is 1. The lowest BCUT2D eigenvalue weighted by atomic mass is 9.26. The topological polar surface area (TPSA) is 70.6 Å². The summed E-state index contributed by atoms with van der Waals surface area (Å²) in [6.45, 7) is 3.28. The lowest BCUT2D eigenvalue weighted by molar-refractivity contribution is -0.120. The summed E-state index contributed by atoms with van der Waals surface area (Å²) in [7, 11) is 31.3. The summed E-state index contributed by atoms with van der Waals surface area (Å²) in [4.78, 5) is 24.8. The van der Waals surface area contributed by atoms with Crippen LogP contribution in [0.25, 0.3) is 0 Å². The smallest absolute Gasteiger partial charge is 0.248 e. The van der Waals surface area contributed by atoms with Crippen molar-refractivity contribution in [3.63, 3.8) is 0 Å². The third-order valence-electron chi connectivity index (χ3n) is 6.51. The van der Waals surface area contributed by atoms with Gasteiger partial charge in [0.1, 0.15) is 23.6 Å². The molecule has 176 valence electrons. The Balaban J connectivity index is 1.53. The van der Waals surface area contributed by atoms with Crippen molar-refractivity contribution in [2.24, 2.45) is 0 Å². The predicted molar refractivity (Wildman–Crippen MR) is 134 cm³/mol. The third-order valence-corrected chi connectivity index (χ3v) is 6.51. The molecule has 1 amide bonds. The first-order valence-electron chi connectivity index (χ1n) is 11.1. The number of anilines is 3. The molecule has 4 rings (SSSR count). The number of fused-ring (bicyclic) bond motifs is 1. The minimum absolute atomic E-state index is 0.0982. The van der Waals surface area contributed by atoms with E-state index in [0.29, 0.717) is 24.4 Å². The number of hydrogen-bond acceptors (Lipinski definition) is 6. The van der Waals surface area contributed by atoms with Gasteiger partial charge in [0.05, 0.1) is 44.9 Å². The first-order chi connectivity index (χ1) is 16.6. The first-order valence-corrected chi connectivity index (χ1v) is 11.1. The summed E-state index contributed by atoms with van der Waals surface area (Å²) in [5.74, 6) is -4.16. The summed E-state index contributed by atoms with van der Waals surface area (Å²) >= 11 is 0. The third kappa shape index (κ3) is 4.45. The lowest BCUT2D eigenvalue weighted by Crippen LogP contribution is -2.66. The van der Waals surface area contributed by atoms with E-state index in [9.17, 15) is 18.0 Å². The Morgan fingerprint density at radius 2 is 1.67 bits per heavy atom. The molecule has 1 saturated carbocycles. The molecule has 7 nitrogen and oxygen atoms in total. The van der Waals surface area contributed by atoms with E-state index in [1.807, 2.05) is 0 Å². The van der Waals surface area contributed by atoms with Crippen molar-refractivity contribution < 1.29 is 22.7 Å². The Hall–Kier alpha value is -2.72. The molecule has 15 heteroatoms. The largest absolute Gasteiger partial charge is 0.490 e. The van der Waals surface area contributed by atoms with Gasteiger partial charge in [-0.1, -0.05) is 0 Å². The highest BCUT2D eigenvalue weighted by Gasteiger charge is 2.46. The molecule has 10 radical (unpaired) electrons. The normalized spacial score (nSPS) is 22.2. The van der Waals surface area contributed by atoms with Gasteiger partial charge < -0.3 is 19.9 Å². The van der Waals surface area contributed by atoms with Crippen LogP contribution in [0.1, 0.15) is 25.5 Å². The van der Waals surface area contributed by atoms with Crippen molar-refractivity contribution in [1.82, 2.24) is 9.97 Å². The van der Waals surface area contributed by atoms with Crippen LogP contribution >= 0.6 is 0 Å². The van der Waals surface area contributed by atoms with Crippen LogP contribution in [-0.2, 0) is 4.79 Å². The molecule has 1 aliphatic carbocycles. The summed E-state index contributed by atoms with van der Waals surface area (Å²) in [5.41, 5.74) is 0.584. The molecule has 2 heterocycles. The number of rotatable bonds is 6. The fourth-order valence-electron chi connectivity index (χ4n) is 4.09. The highest BCUT2D eigenvalue weighted by atomic mass is 19.2. The zero-order chi connectivity index (χ0) is 26.7. The maximum absolute atomic E-state index is 13.4. The van der Waals surface area contributed by atoms with E-state index in [2.05, 4.69) is 15.3 Å². The molecule has 0 bridgehead atoms. The van der Waals surface area contributed by atoms with E-state index >= 15 is 0 Å². The summed E-state index contributed by atoms with van der Waals surface area (Å²) < 4.78 is 45.5. The minimum Gasteiger partial charge on any atom is -0.490 e. The highest BCUT2D eigenvalue weighted by molar-refractivity contribution is 6.68. The summed E-state index contributed by atoms with van der Waals surface area (Å²) in [6.07, 6.45) is 0.604. The molecular weight excluding hydrogens is 465 g/mol. The number of amides is 1. The summed E-state index contributed by atoms with van der Waals surface area (Å²) in [6, 6.07) is 0.769. The number of benzene rings is 1. The summed E-state index contributed by atoms with van der Waals surface area (Å²) in [5, 5.41) is -1.13. The number of likely N-dealkylation sites (N-methyl/N-ethyl adjacent to an activating group) is 1. The molecule has 1 N–H and O–H groups in total. The van der Waals surface area contributed by atoms with E-state index in [4.69, 9.17) is 44.0 Å². The van der Waals surface area contributed by atoms with E-state index in [1.165, 1.54) is 0 Å². The van der Waals surface area contributed by atoms with Crippen LogP contribution in [0.4, 0.5) is 30.6 Å². The average molecular weight is 484 g/mol. The second kappa shape index (κ2) is 8.99. The SMILES string of the molecule is [B]C([B])([B])C([B])([B])N1C(=O)[C@H](C)N(C)c2nc(NC3CC(Oc4cc(F)c(F)c(F)c4)C3)nc(C)c21. The minimum atomic E-state index is -2.16. The van der Waals surface area contributed by atoms with E-state index < -0.39 is 39.9 Å². The second-order valence-electron chi connectivity index (χ2n) is 9.28. The zero-order valence-corrected chi connectivity index (χ0v) is 19.9. The van der Waals surface area contributed by atoms with Crippen molar-refractivity contribution in [1.29, 1.82) is 0 Å². The van der Waals surface area contributed by atoms with Crippen LogP contribution in [0.2, 0.25) is 5.11 Å². The van der Waals surface area contributed by atoms with Gasteiger partial charge in [-0.25, -0.2) is 18.2 Å². The van der Waals surface area contributed by atoms with Gasteiger partial charge in [-0.3, -0.25) is 4.79 Å². The molecule has 2 aromatic rings. The van der Waals surface area contributed by atoms with Crippen LogP contribution in [0.3, 0.4) is 0 Å². The molecule has 1 atom stereocenters. The Kier molecular flexibility index (Phi) is 6.58. The number of carbonyl (C=O) groups is 1. The van der Waals surface area contributed by atoms with Gasteiger partial charge in [-0.15, -0.1) is 5.11 Å². The van der Waals surface area contributed by atoms with E-state index in [-0.39, 0.29) is 29.5 Å². The quantitative estimate of drug-likeness (QED) is 0.487. The Morgan fingerprint density at radius 3 is 2.22 bits per heavy atom. The number of nitrogens with one attached hydrogen (secondary N) is 1. The fourth-order valence-corrected chi connectivity index (χ4v) is 4.09. The molecule has 0 unspecified atom stereocenters. The van der Waals surface area contributed by atoms with E-state index in [1.54, 1.807) is 25.8 Å². The van der Waals surface area contributed by atoms with Gasteiger partial charge in [0, 0.05) is 38.1 Å². The molecule has 1 fully saturated rings. The molecule has 1 aromatic carbocycles. The van der Waals surface area contributed by atoms with Crippen molar-refractivity contribution in [2.75, 3.05) is 22.2 Å². The number of aromatic nitrogens is 2. The van der Waals surface area contributed by atoms with Gasteiger partial charge in [0.25, 0.3) is 0 Å². The Bertz CT molecular complexity index is 1190. The fraction of sp³-hybridized carbons (Fsp3) is 0.476. The van der Waals surface area contributed by atoms with Crippen molar-refractivity contribution in [3.05, 3.63) is 35.3 Å². The molecule has 1 aromatic heterocycles. The van der Waals surface area contributed by atoms with Gasteiger partial charge in [-0.05, 0) is 19.2 Å². The first kappa shape index (κ1) is 26.4. The predicted octanol–water partition coefficient (Wildman–Crippen LogP) is 0.966. The average Bonchev–Trinajstić information content (AvgIpc) is 2.74. The molecule has 2 aliphatic rings. The van der Waals surface area contributed by atoms with Crippen LogP contribution in [0.15, 0.2) is 12.1 Å². The van der Waals surface area contributed by atoms with Crippen LogP contribution < -0.4 is 19.9 Å². The number of aryl methyl sites for hydroxylation is 1. The van der Waals surface area contributed by atoms with Crippen molar-refractivity contribution in [2.45, 2.75) is 55.3 Å². The Morgan fingerprint density at radius 1 is 1.08 bits per heavy atom. The highest BCUT2D eigenvalue weighted by Crippen LogP contribution is 2.43. The van der Waals surface area contributed by atoms with Crippen LogP contribution in [0.5, 0.6) is 5.75 Å². The molecule has 36 heavy (non-hydrogen) atoms. The molecule has 0 spiro atoms. The van der Waals surface area contributed by atoms with Gasteiger partial charge in [-0.2, -0.15) is 4.98 Å². The zero-order valence-electron chi connectivity index (χ0n) is 19.9. The van der Waals surface area contributed by atoms with Gasteiger partial charge in [0.15, 0.2) is 23.3 Å². The van der Waals surface area contributed by atoms with Crippen molar-refractivity contribution in [3.8, 4) is 5.75 Å². The van der Waals surface area contributed by atoms with Crippen LogP contribution in [0, 0.1) is 24.4 Å². The molecule has 1 aliphatic heterocycles. The monoisotopic (exact) mass is 485 g/mol. The van der Waals surface area contributed by atoms with Crippen LogP contribution in [-0.4, -0.2) is 85.7 Å². The second-order valence-corrected chi connectivity index (χ2v) is 9.28. The maximum atomic E-state index is 13.4. The Labute approximate surface area is 214 Å². The lowest BCUT2D eigenvalue weighted by Gasteiger charge is -2.54.